The highest BCUT2D eigenvalue weighted by Crippen LogP contribution is 2.24. The van der Waals surface area contributed by atoms with Crippen LogP contribution in [0.3, 0.4) is 0 Å². The molecule has 0 amide bonds. The van der Waals surface area contributed by atoms with Gasteiger partial charge in [0, 0.05) is 11.8 Å². The van der Waals surface area contributed by atoms with E-state index in [0.717, 1.165) is 11.4 Å². The van der Waals surface area contributed by atoms with E-state index < -0.39 is 6.10 Å². The molecule has 0 spiro atoms. The molecule has 1 aromatic carbocycles. The third-order valence-corrected chi connectivity index (χ3v) is 3.82. The molecule has 0 aliphatic heterocycles. The summed E-state index contributed by atoms with van der Waals surface area (Å²) in [4.78, 5) is 0. The van der Waals surface area contributed by atoms with Crippen molar-refractivity contribution in [2.24, 2.45) is 5.73 Å². The maximum atomic E-state index is 9.40. The fourth-order valence-electron chi connectivity index (χ4n) is 1.73. The summed E-state index contributed by atoms with van der Waals surface area (Å²) in [6, 6.07) is 7.61. The van der Waals surface area contributed by atoms with Crippen molar-refractivity contribution >= 4 is 11.8 Å². The first kappa shape index (κ1) is 14.8. The predicted octanol–water partition coefficient (Wildman–Crippen LogP) is 1.21. The van der Waals surface area contributed by atoms with Gasteiger partial charge in [-0.15, -0.1) is 10.2 Å². The van der Waals surface area contributed by atoms with E-state index in [1.54, 1.807) is 14.0 Å². The van der Waals surface area contributed by atoms with E-state index in [1.807, 2.05) is 28.8 Å². The third-order valence-electron chi connectivity index (χ3n) is 2.65. The smallest absolute Gasteiger partial charge is 0.195 e. The Bertz CT molecular complexity index is 571. The summed E-state index contributed by atoms with van der Waals surface area (Å²) in [5.74, 6) is 1.98. The van der Waals surface area contributed by atoms with Crippen molar-refractivity contribution in [3.8, 4) is 11.4 Å². The second-order valence-corrected chi connectivity index (χ2v) is 5.29. The minimum Gasteiger partial charge on any atom is -0.497 e. The van der Waals surface area contributed by atoms with E-state index in [9.17, 15) is 5.11 Å². The van der Waals surface area contributed by atoms with Gasteiger partial charge < -0.3 is 15.6 Å². The van der Waals surface area contributed by atoms with Gasteiger partial charge in [0.15, 0.2) is 11.0 Å². The molecule has 0 saturated heterocycles. The molecule has 20 heavy (non-hydrogen) atoms. The standard InChI is InChI=1S/C13H18N4O2S/c1-9(18)8-20-13-16-15-12(7-14)17(13)10-4-3-5-11(6-10)19-2/h3-6,9,18H,7-8,14H2,1-2H3/t9-/m0/s1. The third kappa shape index (κ3) is 3.30. The zero-order valence-corrected chi connectivity index (χ0v) is 12.3. The van der Waals surface area contributed by atoms with Gasteiger partial charge in [0.25, 0.3) is 0 Å². The molecule has 2 aromatic rings. The van der Waals surface area contributed by atoms with Crippen molar-refractivity contribution in [2.75, 3.05) is 12.9 Å². The quantitative estimate of drug-likeness (QED) is 0.779. The molecule has 0 bridgehead atoms. The predicted molar refractivity (Wildman–Crippen MR) is 78.2 cm³/mol. The van der Waals surface area contributed by atoms with Crippen LogP contribution in [0.4, 0.5) is 0 Å². The molecule has 1 atom stereocenters. The van der Waals surface area contributed by atoms with E-state index in [1.165, 1.54) is 11.8 Å². The SMILES string of the molecule is COc1cccc(-n2c(CN)nnc2SC[C@H](C)O)c1. The van der Waals surface area contributed by atoms with Gasteiger partial charge in [-0.05, 0) is 19.1 Å². The summed E-state index contributed by atoms with van der Waals surface area (Å²) in [6.07, 6.45) is -0.406. The number of thioether (sulfide) groups is 1. The number of rotatable bonds is 6. The van der Waals surface area contributed by atoms with Crippen LogP contribution in [0.5, 0.6) is 5.75 Å². The zero-order chi connectivity index (χ0) is 14.5. The molecule has 1 heterocycles. The van der Waals surface area contributed by atoms with Crippen LogP contribution in [-0.4, -0.2) is 38.8 Å². The Hall–Kier alpha value is -1.57. The van der Waals surface area contributed by atoms with Crippen LogP contribution >= 0.6 is 11.8 Å². The monoisotopic (exact) mass is 294 g/mol. The first-order valence-electron chi connectivity index (χ1n) is 6.25. The van der Waals surface area contributed by atoms with E-state index in [0.29, 0.717) is 23.3 Å². The Kier molecular flexibility index (Phi) is 4.99. The molecule has 0 aliphatic rings. The zero-order valence-electron chi connectivity index (χ0n) is 11.5. The lowest BCUT2D eigenvalue weighted by Gasteiger charge is -2.11. The van der Waals surface area contributed by atoms with Gasteiger partial charge in [0.05, 0.1) is 25.4 Å². The maximum Gasteiger partial charge on any atom is 0.195 e. The summed E-state index contributed by atoms with van der Waals surface area (Å²) < 4.78 is 7.12. The maximum absolute atomic E-state index is 9.40. The Morgan fingerprint density at radius 2 is 2.25 bits per heavy atom. The van der Waals surface area contributed by atoms with Crippen LogP contribution in [0.15, 0.2) is 29.4 Å². The van der Waals surface area contributed by atoms with Gasteiger partial charge in [-0.25, -0.2) is 0 Å². The molecule has 6 nitrogen and oxygen atoms in total. The van der Waals surface area contributed by atoms with Gasteiger partial charge in [-0.2, -0.15) is 0 Å². The Morgan fingerprint density at radius 3 is 2.90 bits per heavy atom. The first-order valence-corrected chi connectivity index (χ1v) is 7.24. The summed E-state index contributed by atoms with van der Waals surface area (Å²) in [5.41, 5.74) is 6.61. The number of hydrogen-bond donors (Lipinski definition) is 2. The minimum absolute atomic E-state index is 0.291. The first-order chi connectivity index (χ1) is 9.65. The summed E-state index contributed by atoms with van der Waals surface area (Å²) in [6.45, 7) is 2.03. The van der Waals surface area contributed by atoms with Gasteiger partial charge >= 0.3 is 0 Å². The van der Waals surface area contributed by atoms with E-state index in [4.69, 9.17) is 10.5 Å². The largest absolute Gasteiger partial charge is 0.497 e. The molecule has 0 fully saturated rings. The Labute approximate surface area is 122 Å². The van der Waals surface area contributed by atoms with Crippen LogP contribution in [0.1, 0.15) is 12.7 Å². The van der Waals surface area contributed by atoms with Gasteiger partial charge in [-0.3, -0.25) is 4.57 Å². The molecule has 0 aliphatic carbocycles. The number of aromatic nitrogens is 3. The number of ether oxygens (including phenoxy) is 1. The second kappa shape index (κ2) is 6.74. The number of aliphatic hydroxyl groups excluding tert-OH is 1. The summed E-state index contributed by atoms with van der Waals surface area (Å²) >= 11 is 1.44. The Morgan fingerprint density at radius 1 is 1.45 bits per heavy atom. The second-order valence-electron chi connectivity index (χ2n) is 4.30. The van der Waals surface area contributed by atoms with E-state index in [-0.39, 0.29) is 0 Å². The average Bonchev–Trinajstić information content (AvgIpc) is 2.88. The van der Waals surface area contributed by atoms with Gasteiger partial charge in [-0.1, -0.05) is 17.8 Å². The number of methoxy groups -OCH3 is 1. The Balaban J connectivity index is 2.39. The summed E-state index contributed by atoms with van der Waals surface area (Å²) in [7, 11) is 1.62. The lowest BCUT2D eigenvalue weighted by atomic mass is 10.3. The van der Waals surface area contributed by atoms with Crippen molar-refractivity contribution in [1.82, 2.24) is 14.8 Å². The molecule has 7 heteroatoms. The van der Waals surface area contributed by atoms with Crippen LogP contribution in [0.2, 0.25) is 0 Å². The average molecular weight is 294 g/mol. The van der Waals surface area contributed by atoms with Gasteiger partial charge in [0.2, 0.25) is 0 Å². The van der Waals surface area contributed by atoms with Crippen LogP contribution < -0.4 is 10.5 Å². The van der Waals surface area contributed by atoms with Crippen molar-refractivity contribution in [1.29, 1.82) is 0 Å². The lowest BCUT2D eigenvalue weighted by Crippen LogP contribution is -2.09. The van der Waals surface area contributed by atoms with E-state index >= 15 is 0 Å². The van der Waals surface area contributed by atoms with Crippen LogP contribution in [0.25, 0.3) is 5.69 Å². The fourth-order valence-corrected chi connectivity index (χ4v) is 2.56. The normalized spacial score (nSPS) is 12.4. The molecule has 2 rings (SSSR count). The van der Waals surface area contributed by atoms with E-state index in [2.05, 4.69) is 10.2 Å². The summed E-state index contributed by atoms with van der Waals surface area (Å²) in [5, 5.41) is 18.3. The molecule has 0 saturated carbocycles. The number of benzene rings is 1. The topological polar surface area (TPSA) is 86.2 Å². The highest BCUT2D eigenvalue weighted by Gasteiger charge is 2.14. The molecule has 3 N–H and O–H groups in total. The molecular weight excluding hydrogens is 276 g/mol. The number of nitrogens with zero attached hydrogens (tertiary/aromatic N) is 3. The molecule has 1 aromatic heterocycles. The molecule has 108 valence electrons. The van der Waals surface area contributed by atoms with Gasteiger partial charge in [0.1, 0.15) is 5.75 Å². The highest BCUT2D eigenvalue weighted by atomic mass is 32.2. The van der Waals surface area contributed by atoms with Crippen LogP contribution in [0, 0.1) is 0 Å². The molecule has 0 unspecified atom stereocenters. The fraction of sp³-hybridized carbons (Fsp3) is 0.385. The van der Waals surface area contributed by atoms with Crippen LogP contribution in [-0.2, 0) is 6.54 Å². The molecular formula is C13H18N4O2S. The number of hydrogen-bond acceptors (Lipinski definition) is 6. The number of nitrogens with two attached hydrogens (primary N) is 1. The van der Waals surface area contributed by atoms with Crippen molar-refractivity contribution < 1.29 is 9.84 Å². The van der Waals surface area contributed by atoms with Crippen molar-refractivity contribution in [3.63, 3.8) is 0 Å². The minimum atomic E-state index is -0.406. The van der Waals surface area contributed by atoms with Crippen molar-refractivity contribution in [3.05, 3.63) is 30.1 Å². The highest BCUT2D eigenvalue weighted by molar-refractivity contribution is 7.99. The lowest BCUT2D eigenvalue weighted by molar-refractivity contribution is 0.220. The van der Waals surface area contributed by atoms with Crippen molar-refractivity contribution in [2.45, 2.75) is 24.7 Å². The number of aliphatic hydroxyl groups is 1. The molecule has 0 radical (unpaired) electrons.